The molecular weight excluding hydrogens is 809 g/mol. The van der Waals surface area contributed by atoms with Crippen LogP contribution in [0.4, 0.5) is 22.7 Å². The van der Waals surface area contributed by atoms with Crippen LogP contribution in [0.2, 0.25) is 0 Å². The van der Waals surface area contributed by atoms with Gasteiger partial charge >= 0.3 is 0 Å². The molecule has 0 aliphatic carbocycles. The molecule has 0 fully saturated rings. The number of nitrogens with one attached hydrogen (secondary N) is 2. The molecule has 0 atom stereocenters. The number of benzene rings is 8. The number of anilines is 4. The van der Waals surface area contributed by atoms with Crippen molar-refractivity contribution in [3.05, 3.63) is 229 Å². The quantitative estimate of drug-likeness (QED) is 0.134. The van der Waals surface area contributed by atoms with E-state index < -0.39 is 18.1 Å². The van der Waals surface area contributed by atoms with Gasteiger partial charge in [0.25, 0.3) is 0 Å². The average Bonchev–Trinajstić information content (AvgIpc) is 4.01. The Morgan fingerprint density at radius 3 is 2.11 bits per heavy atom. The third-order valence-electron chi connectivity index (χ3n) is 12.1. The van der Waals surface area contributed by atoms with Gasteiger partial charge in [-0.2, -0.15) is 0 Å². The maximum absolute atomic E-state index is 14.6. The van der Waals surface area contributed by atoms with Crippen molar-refractivity contribution >= 4 is 61.3 Å². The van der Waals surface area contributed by atoms with Gasteiger partial charge in [0.2, 0.25) is 0 Å². The van der Waals surface area contributed by atoms with Crippen LogP contribution in [0.15, 0.2) is 217 Å². The molecule has 11 aromatic rings. The molecule has 318 valence electrons. The van der Waals surface area contributed by atoms with E-state index in [0.29, 0.717) is 50.8 Å². The maximum atomic E-state index is 14.6. The number of para-hydroxylation sites is 4. The normalized spacial score (nSPS) is 12.7. The molecule has 0 aliphatic heterocycles. The van der Waals surface area contributed by atoms with Crippen LogP contribution in [-0.2, 0) is 5.41 Å². The van der Waals surface area contributed by atoms with Gasteiger partial charge in [-0.3, -0.25) is 9.36 Å². The molecule has 6 heteroatoms. The number of ketones is 1. The van der Waals surface area contributed by atoms with E-state index in [9.17, 15) is 4.79 Å². The summed E-state index contributed by atoms with van der Waals surface area (Å²) in [6.45, 7) is 6.52. The number of carbonyl (C=O) groups is 1. The second-order valence-corrected chi connectivity index (χ2v) is 17.4. The molecule has 0 bridgehead atoms. The summed E-state index contributed by atoms with van der Waals surface area (Å²) in [7, 11) is 0. The Hall–Kier alpha value is -8.48. The van der Waals surface area contributed by atoms with Gasteiger partial charge in [0, 0.05) is 50.3 Å². The van der Waals surface area contributed by atoms with E-state index in [1.165, 1.54) is 0 Å². The summed E-state index contributed by atoms with van der Waals surface area (Å²) < 4.78 is 51.8. The number of nitrogens with zero attached hydrogens (tertiary/aromatic N) is 2. The molecule has 11 rings (SSSR count). The highest BCUT2D eigenvalue weighted by Crippen LogP contribution is 2.43. The molecule has 0 unspecified atom stereocenters. The van der Waals surface area contributed by atoms with Crippen LogP contribution in [0.1, 0.15) is 49.1 Å². The number of rotatable bonds is 10. The summed E-state index contributed by atoms with van der Waals surface area (Å²) in [5.74, 6) is 0.479. The number of hydrogen-bond acceptors (Lipinski definition) is 5. The second kappa shape index (κ2) is 16.6. The van der Waals surface area contributed by atoms with E-state index in [0.717, 1.165) is 55.0 Å². The summed E-state index contributed by atoms with van der Waals surface area (Å²) in [6.07, 6.45) is 3.42. The van der Waals surface area contributed by atoms with Crippen molar-refractivity contribution in [3.63, 3.8) is 0 Å². The fraction of sp³-hybridized carbons (Fsp3) is 0.0667. The van der Waals surface area contributed by atoms with Crippen LogP contribution in [0.5, 0.6) is 0 Å². The Morgan fingerprint density at radius 1 is 0.591 bits per heavy atom. The van der Waals surface area contributed by atoms with Crippen LogP contribution >= 0.6 is 0 Å². The van der Waals surface area contributed by atoms with Crippen LogP contribution in [0.25, 0.3) is 72.0 Å². The predicted molar refractivity (Wildman–Crippen MR) is 273 cm³/mol. The summed E-state index contributed by atoms with van der Waals surface area (Å²) in [4.78, 5) is 19.3. The highest BCUT2D eigenvalue weighted by atomic mass is 16.3. The van der Waals surface area contributed by atoms with E-state index in [1.807, 2.05) is 121 Å². The minimum atomic E-state index is -0.459. The number of pyridine rings is 1. The molecule has 8 aromatic carbocycles. The molecule has 0 saturated carbocycles. The fourth-order valence-electron chi connectivity index (χ4n) is 8.81. The highest BCUT2D eigenvalue weighted by Gasteiger charge is 2.22. The third kappa shape index (κ3) is 7.48. The molecule has 0 aliphatic rings. The zero-order valence-electron chi connectivity index (χ0n) is 41.5. The molecular formula is C60H46N4O2. The Balaban J connectivity index is 0.996. The number of furan rings is 1. The summed E-state index contributed by atoms with van der Waals surface area (Å²) in [6, 6.07) is 53.2. The van der Waals surface area contributed by atoms with Gasteiger partial charge < -0.3 is 15.1 Å². The Kier molecular flexibility index (Phi) is 8.78. The average molecular weight is 860 g/mol. The van der Waals surface area contributed by atoms with E-state index >= 15 is 0 Å². The third-order valence-corrected chi connectivity index (χ3v) is 12.1. The van der Waals surface area contributed by atoms with Crippen LogP contribution in [0, 0.1) is 0 Å². The zero-order chi connectivity index (χ0) is 49.1. The van der Waals surface area contributed by atoms with Crippen molar-refractivity contribution in [2.75, 3.05) is 10.6 Å². The van der Waals surface area contributed by atoms with Gasteiger partial charge in [-0.1, -0.05) is 166 Å². The Morgan fingerprint density at radius 2 is 1.29 bits per heavy atom. The maximum Gasteiger partial charge on any atom is 0.193 e. The molecule has 0 amide bonds. The SMILES string of the molecule is [2H]c1c([2H])c([2H])c(-c2cccc(-c3cc(-c4ccccc4)cc(C(C)(C)C)c3)c2Nc2ccccc2Nc2cccc(C(=O)c3ccc4c5ccccc5n(-c5nccc6ccoc56)c4c3)c2)c([2H])c1[2H]. The van der Waals surface area contributed by atoms with Gasteiger partial charge in [0.1, 0.15) is 0 Å². The minimum absolute atomic E-state index is 0.0834. The van der Waals surface area contributed by atoms with E-state index in [4.69, 9.17) is 16.3 Å². The van der Waals surface area contributed by atoms with Gasteiger partial charge in [-0.05, 0) is 87.8 Å². The van der Waals surface area contributed by atoms with Crippen molar-refractivity contribution in [1.82, 2.24) is 9.55 Å². The summed E-state index contributed by atoms with van der Waals surface area (Å²) in [5, 5.41) is 10.2. The largest absolute Gasteiger partial charge is 0.460 e. The first-order chi connectivity index (χ1) is 34.3. The van der Waals surface area contributed by atoms with Crippen molar-refractivity contribution in [3.8, 4) is 39.2 Å². The standard InChI is InChI=1S/C60H46N4O2/c1-60(2,3)46-35-44(39-16-6-4-7-17-39)34-45(36-46)49-24-15-23-48(40-18-8-5-9-19-40)56(49)63-53-26-12-11-25-52(53)62-47-21-14-20-42(37-47)57(65)43-28-29-51-50-22-10-13-27-54(50)64(55(51)38-43)59-58-41(30-32-61-59)31-33-66-58/h4-38,62-63H,1-3H3/i5D,8D,9D,18D,19D. The lowest BCUT2D eigenvalue weighted by atomic mass is 9.82. The second-order valence-electron chi connectivity index (χ2n) is 17.4. The van der Waals surface area contributed by atoms with E-state index in [1.54, 1.807) is 24.6 Å². The zero-order valence-corrected chi connectivity index (χ0v) is 36.5. The highest BCUT2D eigenvalue weighted by molar-refractivity contribution is 6.15. The van der Waals surface area contributed by atoms with Crippen molar-refractivity contribution in [1.29, 1.82) is 0 Å². The smallest absolute Gasteiger partial charge is 0.193 e. The molecule has 3 aromatic heterocycles. The summed E-state index contributed by atoms with van der Waals surface area (Å²) in [5.41, 5.74) is 11.1. The molecule has 3 heterocycles. The fourth-order valence-corrected chi connectivity index (χ4v) is 8.81. The van der Waals surface area contributed by atoms with E-state index in [2.05, 4.69) is 72.4 Å². The molecule has 66 heavy (non-hydrogen) atoms. The molecule has 0 spiro atoms. The summed E-state index contributed by atoms with van der Waals surface area (Å²) >= 11 is 0. The minimum Gasteiger partial charge on any atom is -0.460 e. The van der Waals surface area contributed by atoms with Gasteiger partial charge in [0.15, 0.2) is 17.2 Å². The monoisotopic (exact) mass is 859 g/mol. The van der Waals surface area contributed by atoms with Crippen molar-refractivity contribution in [2.24, 2.45) is 0 Å². The lowest BCUT2D eigenvalue weighted by molar-refractivity contribution is 0.103. The topological polar surface area (TPSA) is 72.1 Å². The number of hydrogen-bond donors (Lipinski definition) is 2. The van der Waals surface area contributed by atoms with Crippen LogP contribution in [0.3, 0.4) is 0 Å². The first kappa shape index (κ1) is 34.9. The van der Waals surface area contributed by atoms with Crippen molar-refractivity contribution in [2.45, 2.75) is 26.2 Å². The number of carbonyl (C=O) groups excluding carboxylic acids is 1. The lowest BCUT2D eigenvalue weighted by Crippen LogP contribution is -2.11. The first-order valence-corrected chi connectivity index (χ1v) is 21.9. The van der Waals surface area contributed by atoms with Gasteiger partial charge in [-0.25, -0.2) is 4.98 Å². The molecule has 0 saturated heterocycles. The molecule has 2 N–H and O–H groups in total. The molecule has 6 nitrogen and oxygen atoms in total. The van der Waals surface area contributed by atoms with Gasteiger partial charge in [-0.15, -0.1) is 0 Å². The Labute approximate surface area is 390 Å². The van der Waals surface area contributed by atoms with E-state index in [-0.39, 0.29) is 28.8 Å². The van der Waals surface area contributed by atoms with Crippen LogP contribution < -0.4 is 10.6 Å². The van der Waals surface area contributed by atoms with Crippen LogP contribution in [-0.4, -0.2) is 15.3 Å². The number of aromatic nitrogens is 2. The first-order valence-electron chi connectivity index (χ1n) is 24.4. The molecule has 0 radical (unpaired) electrons. The Bertz CT molecular complexity index is 3880. The van der Waals surface area contributed by atoms with Gasteiger partial charge in [0.05, 0.1) is 41.2 Å². The predicted octanol–water partition coefficient (Wildman–Crippen LogP) is 15.9. The number of fused-ring (bicyclic) bond motifs is 4. The van der Waals surface area contributed by atoms with Crippen molar-refractivity contribution < 1.29 is 16.1 Å². The lowest BCUT2D eigenvalue weighted by Gasteiger charge is -2.24.